The highest BCUT2D eigenvalue weighted by atomic mass is 35.5. The molecule has 10 heteroatoms. The van der Waals surface area contributed by atoms with Crippen molar-refractivity contribution in [1.82, 2.24) is 9.97 Å². The fourth-order valence-corrected chi connectivity index (χ4v) is 2.10. The number of carbonyl (C=O) groups excluding carboxylic acids is 1. The molecular weight excluding hydrogens is 364 g/mol. The number of methoxy groups -OCH3 is 1. The number of aromatic nitrogens is 2. The smallest absolute Gasteiger partial charge is 0.492 e. The molecule has 0 bridgehead atoms. The molecule has 1 aromatic carbocycles. The van der Waals surface area contributed by atoms with Crippen molar-refractivity contribution < 1.29 is 23.4 Å². The highest BCUT2D eigenvalue weighted by Gasteiger charge is 2.21. The summed E-state index contributed by atoms with van der Waals surface area (Å²) in [6, 6.07) is 2.73. The third kappa shape index (κ3) is 3.60. The highest BCUT2D eigenvalue weighted by molar-refractivity contribution is 6.34. The van der Waals surface area contributed by atoms with Crippen molar-refractivity contribution in [2.24, 2.45) is 0 Å². The number of nitrogens with zero attached hydrogens (tertiary/aromatic N) is 2. The van der Waals surface area contributed by atoms with Gasteiger partial charge in [0.25, 0.3) is 5.88 Å². The lowest BCUT2D eigenvalue weighted by Gasteiger charge is -2.11. The molecule has 0 unspecified atom stereocenters. The molecule has 1 aromatic heterocycles. The number of rotatable bonds is 4. The Morgan fingerprint density at radius 2 is 2.04 bits per heavy atom. The Labute approximate surface area is 146 Å². The second-order valence-electron chi connectivity index (χ2n) is 4.28. The molecule has 0 amide bonds. The largest absolute Gasteiger partial charge is 0.515 e. The molecule has 2 N–H and O–H groups in total. The SMILES string of the molecule is CCOC(=O)Oc1nc(-c2ccc(Cl)c(OC)c2F)nc(N)c1Cl. The molecule has 128 valence electrons. The summed E-state index contributed by atoms with van der Waals surface area (Å²) in [4.78, 5) is 19.2. The maximum absolute atomic E-state index is 14.5. The van der Waals surface area contributed by atoms with Crippen molar-refractivity contribution in [3.63, 3.8) is 0 Å². The van der Waals surface area contributed by atoms with Gasteiger partial charge in [-0.15, -0.1) is 0 Å². The van der Waals surface area contributed by atoms with Crippen molar-refractivity contribution in [2.45, 2.75) is 6.92 Å². The topological polar surface area (TPSA) is 96.6 Å². The molecule has 1 heterocycles. The van der Waals surface area contributed by atoms with Crippen LogP contribution in [0, 0.1) is 5.82 Å². The first-order chi connectivity index (χ1) is 11.4. The molecule has 0 fully saturated rings. The number of hydrogen-bond acceptors (Lipinski definition) is 7. The zero-order valence-corrected chi connectivity index (χ0v) is 14.1. The summed E-state index contributed by atoms with van der Waals surface area (Å²) in [5.74, 6) is -1.70. The molecule has 2 aromatic rings. The number of nitrogen functional groups attached to an aromatic ring is 1. The molecule has 0 aliphatic rings. The standard InChI is InChI=1S/C14H12Cl2FN3O4/c1-3-23-14(21)24-13-8(16)11(18)19-12(20-13)6-4-5-7(15)10(22-2)9(6)17/h4-5H,3H2,1-2H3,(H2,18,19,20). The van der Waals surface area contributed by atoms with Crippen LogP contribution < -0.4 is 15.2 Å². The minimum atomic E-state index is -1.03. The number of halogens is 3. The molecule has 24 heavy (non-hydrogen) atoms. The third-order valence-corrected chi connectivity index (χ3v) is 3.44. The van der Waals surface area contributed by atoms with Crippen LogP contribution in [0.25, 0.3) is 11.4 Å². The minimum absolute atomic E-state index is 0.0617. The van der Waals surface area contributed by atoms with Gasteiger partial charge in [-0.25, -0.2) is 14.2 Å². The third-order valence-electron chi connectivity index (χ3n) is 2.78. The first-order valence-electron chi connectivity index (χ1n) is 6.59. The summed E-state index contributed by atoms with van der Waals surface area (Å²) in [6.45, 7) is 1.69. The van der Waals surface area contributed by atoms with Crippen molar-refractivity contribution in [1.29, 1.82) is 0 Å². The van der Waals surface area contributed by atoms with Crippen molar-refractivity contribution >= 4 is 35.2 Å². The lowest BCUT2D eigenvalue weighted by Crippen LogP contribution is -2.13. The van der Waals surface area contributed by atoms with Gasteiger partial charge in [-0.05, 0) is 19.1 Å². The van der Waals surface area contributed by atoms with Crippen molar-refractivity contribution in [3.05, 3.63) is 28.0 Å². The Bertz CT molecular complexity index is 789. The van der Waals surface area contributed by atoms with E-state index in [0.29, 0.717) is 0 Å². The van der Waals surface area contributed by atoms with Gasteiger partial charge in [0.2, 0.25) is 0 Å². The summed E-state index contributed by atoms with van der Waals surface area (Å²) >= 11 is 11.7. The normalized spacial score (nSPS) is 10.4. The molecule has 7 nitrogen and oxygen atoms in total. The van der Waals surface area contributed by atoms with E-state index in [2.05, 4.69) is 14.7 Å². The maximum Gasteiger partial charge on any atom is 0.515 e. The first kappa shape index (κ1) is 18.0. The molecule has 0 radical (unpaired) electrons. The molecule has 2 rings (SSSR count). The van der Waals surface area contributed by atoms with Gasteiger partial charge in [0.15, 0.2) is 17.4 Å². The van der Waals surface area contributed by atoms with E-state index in [1.165, 1.54) is 19.2 Å². The Balaban J connectivity index is 2.52. The molecule has 0 atom stereocenters. The quantitative estimate of drug-likeness (QED) is 0.813. The lowest BCUT2D eigenvalue weighted by atomic mass is 10.2. The predicted octanol–water partition coefficient (Wildman–Crippen LogP) is 3.72. The number of ether oxygens (including phenoxy) is 3. The number of nitrogens with two attached hydrogens (primary N) is 1. The molecule has 0 spiro atoms. The maximum atomic E-state index is 14.5. The van der Waals surface area contributed by atoms with E-state index in [4.69, 9.17) is 38.4 Å². The van der Waals surface area contributed by atoms with E-state index in [1.807, 2.05) is 0 Å². The number of hydrogen-bond donors (Lipinski definition) is 1. The summed E-state index contributed by atoms with van der Waals surface area (Å²) in [6.07, 6.45) is -1.03. The first-order valence-corrected chi connectivity index (χ1v) is 7.34. The summed E-state index contributed by atoms with van der Waals surface area (Å²) in [5.41, 5.74) is 5.60. The van der Waals surface area contributed by atoms with Crippen LogP contribution in [0.5, 0.6) is 11.6 Å². The van der Waals surface area contributed by atoms with Gasteiger partial charge in [0.1, 0.15) is 10.8 Å². The van der Waals surface area contributed by atoms with E-state index >= 15 is 0 Å². The number of carbonyl (C=O) groups is 1. The van der Waals surface area contributed by atoms with E-state index in [1.54, 1.807) is 6.92 Å². The average Bonchev–Trinajstić information content (AvgIpc) is 2.52. The summed E-state index contributed by atoms with van der Waals surface area (Å²) in [5, 5.41) is -0.128. The lowest BCUT2D eigenvalue weighted by molar-refractivity contribution is 0.103. The van der Waals surface area contributed by atoms with Gasteiger partial charge in [-0.1, -0.05) is 23.2 Å². The second-order valence-corrected chi connectivity index (χ2v) is 5.06. The van der Waals surface area contributed by atoms with E-state index < -0.39 is 12.0 Å². The zero-order chi connectivity index (χ0) is 17.9. The van der Waals surface area contributed by atoms with Crippen LogP contribution in [0.3, 0.4) is 0 Å². The summed E-state index contributed by atoms with van der Waals surface area (Å²) in [7, 11) is 1.26. The van der Waals surface area contributed by atoms with Crippen LogP contribution >= 0.6 is 23.2 Å². The van der Waals surface area contributed by atoms with Gasteiger partial charge in [0, 0.05) is 0 Å². The Morgan fingerprint density at radius 3 is 2.67 bits per heavy atom. The van der Waals surface area contributed by atoms with E-state index in [0.717, 1.165) is 0 Å². The van der Waals surface area contributed by atoms with Gasteiger partial charge in [-0.3, -0.25) is 0 Å². The second kappa shape index (κ2) is 7.50. The average molecular weight is 376 g/mol. The molecule has 0 saturated heterocycles. The van der Waals surface area contributed by atoms with Crippen LogP contribution in [-0.2, 0) is 4.74 Å². The van der Waals surface area contributed by atoms with Gasteiger partial charge in [0.05, 0.1) is 24.3 Å². The molecular formula is C14H12Cl2FN3O4. The highest BCUT2D eigenvalue weighted by Crippen LogP contribution is 2.36. The molecule has 0 aliphatic carbocycles. The van der Waals surface area contributed by atoms with Gasteiger partial charge >= 0.3 is 6.16 Å². The van der Waals surface area contributed by atoms with Crippen LogP contribution in [0.4, 0.5) is 15.0 Å². The monoisotopic (exact) mass is 375 g/mol. The minimum Gasteiger partial charge on any atom is -0.492 e. The van der Waals surface area contributed by atoms with E-state index in [-0.39, 0.29) is 45.5 Å². The Morgan fingerprint density at radius 1 is 1.33 bits per heavy atom. The van der Waals surface area contributed by atoms with Crippen LogP contribution in [0.2, 0.25) is 10.0 Å². The predicted molar refractivity (Wildman–Crippen MR) is 86.1 cm³/mol. The summed E-state index contributed by atoms with van der Waals surface area (Å²) < 4.78 is 28.8. The fraction of sp³-hybridized carbons (Fsp3) is 0.214. The zero-order valence-electron chi connectivity index (χ0n) is 12.6. The fourth-order valence-electron chi connectivity index (χ4n) is 1.75. The van der Waals surface area contributed by atoms with Gasteiger partial charge < -0.3 is 19.9 Å². The Kier molecular flexibility index (Phi) is 5.63. The number of anilines is 1. The van der Waals surface area contributed by atoms with Crippen molar-refractivity contribution in [2.75, 3.05) is 19.5 Å². The van der Waals surface area contributed by atoms with Crippen LogP contribution in [0.1, 0.15) is 6.92 Å². The molecule has 0 saturated carbocycles. The Hall–Kier alpha value is -2.32. The van der Waals surface area contributed by atoms with Crippen molar-refractivity contribution in [3.8, 4) is 23.0 Å². The number of benzene rings is 1. The van der Waals surface area contributed by atoms with Crippen LogP contribution in [0.15, 0.2) is 12.1 Å². The van der Waals surface area contributed by atoms with E-state index in [9.17, 15) is 9.18 Å². The van der Waals surface area contributed by atoms with Crippen LogP contribution in [-0.4, -0.2) is 29.8 Å². The molecule has 0 aliphatic heterocycles. The van der Waals surface area contributed by atoms with Gasteiger partial charge in [-0.2, -0.15) is 4.98 Å².